The molecule has 2 amide bonds. The number of carbonyl (C=O) groups excluding carboxylic acids is 1. The van der Waals surface area contributed by atoms with Crippen molar-refractivity contribution in [3.63, 3.8) is 0 Å². The second-order valence-corrected chi connectivity index (χ2v) is 5.63. The smallest absolute Gasteiger partial charge is 0.323 e. The maximum Gasteiger partial charge on any atom is 0.323 e. The first-order valence-electron chi connectivity index (χ1n) is 6.28. The predicted molar refractivity (Wildman–Crippen MR) is 71.6 cm³/mol. The van der Waals surface area contributed by atoms with E-state index in [1.807, 2.05) is 19.9 Å². The molecule has 0 rings (SSSR count). The Morgan fingerprint density at radius 3 is 2.16 bits per heavy atom. The van der Waals surface area contributed by atoms with Crippen LogP contribution >= 0.6 is 0 Å². The zero-order valence-corrected chi connectivity index (χ0v) is 12.3. The fourth-order valence-corrected chi connectivity index (χ4v) is 1.63. The summed E-state index contributed by atoms with van der Waals surface area (Å²) in [6.07, 6.45) is 0.231. The van der Waals surface area contributed by atoms with Crippen LogP contribution in [0, 0.1) is 11.3 Å². The topological polar surface area (TPSA) is 84.6 Å². The van der Waals surface area contributed by atoms with E-state index in [2.05, 4.69) is 0 Å². The molecule has 1 N–H and O–H groups in total. The third-order valence-electron chi connectivity index (χ3n) is 2.67. The van der Waals surface area contributed by atoms with E-state index in [1.54, 1.807) is 20.8 Å². The van der Waals surface area contributed by atoms with Crippen LogP contribution < -0.4 is 0 Å². The number of nitrogens with zero attached hydrogens (tertiary/aromatic N) is 3. The fraction of sp³-hybridized carbons (Fsp3) is 0.769. The monoisotopic (exact) mass is 269 g/mol. The van der Waals surface area contributed by atoms with E-state index in [-0.39, 0.29) is 25.0 Å². The van der Waals surface area contributed by atoms with Gasteiger partial charge in [-0.3, -0.25) is 4.79 Å². The highest BCUT2D eigenvalue weighted by Gasteiger charge is 2.32. The Morgan fingerprint density at radius 2 is 1.84 bits per heavy atom. The molecule has 0 bridgehead atoms. The molecular weight excluding hydrogens is 246 g/mol. The molecule has 0 aliphatic heterocycles. The minimum atomic E-state index is -1.05. The summed E-state index contributed by atoms with van der Waals surface area (Å²) in [5, 5.41) is 17.6. The first-order chi connectivity index (χ1) is 8.61. The van der Waals surface area contributed by atoms with Gasteiger partial charge in [0.05, 0.1) is 12.5 Å². The average molecular weight is 269 g/mol. The van der Waals surface area contributed by atoms with Crippen LogP contribution in [-0.4, -0.2) is 51.6 Å². The maximum atomic E-state index is 12.5. The molecule has 0 saturated carbocycles. The molecule has 0 radical (unpaired) electrons. The van der Waals surface area contributed by atoms with Crippen molar-refractivity contribution in [1.29, 1.82) is 5.26 Å². The molecule has 0 saturated heterocycles. The van der Waals surface area contributed by atoms with Gasteiger partial charge in [-0.2, -0.15) is 5.26 Å². The Labute approximate surface area is 114 Å². The first-order valence-corrected chi connectivity index (χ1v) is 6.28. The molecule has 0 aromatic heterocycles. The summed E-state index contributed by atoms with van der Waals surface area (Å²) >= 11 is 0. The Balaban J connectivity index is 5.13. The molecular formula is C13H23N3O3. The first kappa shape index (κ1) is 17.2. The lowest BCUT2D eigenvalue weighted by Crippen LogP contribution is -2.55. The number of carboxylic acids is 1. The van der Waals surface area contributed by atoms with Crippen molar-refractivity contribution in [3.05, 3.63) is 0 Å². The van der Waals surface area contributed by atoms with Crippen LogP contribution in [0.2, 0.25) is 0 Å². The van der Waals surface area contributed by atoms with E-state index >= 15 is 0 Å². The molecule has 0 aromatic rings. The number of urea groups is 1. The third kappa shape index (κ3) is 5.60. The van der Waals surface area contributed by atoms with Crippen molar-refractivity contribution in [3.8, 4) is 6.07 Å². The Hall–Kier alpha value is -1.77. The molecule has 6 heteroatoms. The third-order valence-corrected chi connectivity index (χ3v) is 2.67. The summed E-state index contributed by atoms with van der Waals surface area (Å²) in [7, 11) is 0. The molecule has 0 fully saturated rings. The highest BCUT2D eigenvalue weighted by atomic mass is 16.4. The normalized spacial score (nSPS) is 11.0. The predicted octanol–water partition coefficient (Wildman–Crippen LogP) is 1.92. The van der Waals surface area contributed by atoms with E-state index in [9.17, 15) is 9.59 Å². The number of hydrogen-bond acceptors (Lipinski definition) is 3. The van der Waals surface area contributed by atoms with E-state index < -0.39 is 11.5 Å². The highest BCUT2D eigenvalue weighted by molar-refractivity contribution is 5.81. The largest absolute Gasteiger partial charge is 0.480 e. The second-order valence-electron chi connectivity index (χ2n) is 5.63. The molecule has 0 atom stereocenters. The van der Waals surface area contributed by atoms with Gasteiger partial charge < -0.3 is 14.9 Å². The molecule has 19 heavy (non-hydrogen) atoms. The van der Waals surface area contributed by atoms with Gasteiger partial charge in [0.15, 0.2) is 0 Å². The molecule has 0 heterocycles. The summed E-state index contributed by atoms with van der Waals surface area (Å²) in [6, 6.07) is 1.57. The molecule has 0 spiro atoms. The standard InChI is InChI=1S/C13H23N3O3/c1-10(2)15(8-6-7-14)12(19)16(9-11(17)18)13(3,4)5/h10H,6,8-9H2,1-5H3,(H,17,18). The van der Waals surface area contributed by atoms with Crippen LogP contribution in [0.25, 0.3) is 0 Å². The van der Waals surface area contributed by atoms with Crippen LogP contribution in [0.5, 0.6) is 0 Å². The van der Waals surface area contributed by atoms with Crippen LogP contribution in [0.3, 0.4) is 0 Å². The lowest BCUT2D eigenvalue weighted by molar-refractivity contribution is -0.138. The van der Waals surface area contributed by atoms with Gasteiger partial charge in [0.1, 0.15) is 6.54 Å². The minimum absolute atomic E-state index is 0.0838. The van der Waals surface area contributed by atoms with Crippen molar-refractivity contribution >= 4 is 12.0 Å². The van der Waals surface area contributed by atoms with Crippen LogP contribution in [0.15, 0.2) is 0 Å². The maximum absolute atomic E-state index is 12.5. The number of carboxylic acid groups (broad SMARTS) is 1. The zero-order chi connectivity index (χ0) is 15.2. The molecule has 0 aliphatic carbocycles. The van der Waals surface area contributed by atoms with Gasteiger partial charge in [0.25, 0.3) is 0 Å². The van der Waals surface area contributed by atoms with Crippen molar-refractivity contribution < 1.29 is 14.7 Å². The Morgan fingerprint density at radius 1 is 1.32 bits per heavy atom. The fourth-order valence-electron chi connectivity index (χ4n) is 1.63. The van der Waals surface area contributed by atoms with Gasteiger partial charge in [-0.05, 0) is 34.6 Å². The molecule has 0 aliphatic rings. The molecule has 0 unspecified atom stereocenters. The van der Waals surface area contributed by atoms with E-state index in [4.69, 9.17) is 10.4 Å². The van der Waals surface area contributed by atoms with Gasteiger partial charge in [0, 0.05) is 18.1 Å². The molecule has 0 aromatic carbocycles. The van der Waals surface area contributed by atoms with Gasteiger partial charge in [-0.25, -0.2) is 4.79 Å². The van der Waals surface area contributed by atoms with Gasteiger partial charge in [0.2, 0.25) is 0 Å². The highest BCUT2D eigenvalue weighted by Crippen LogP contribution is 2.17. The van der Waals surface area contributed by atoms with Crippen LogP contribution in [0.1, 0.15) is 41.0 Å². The van der Waals surface area contributed by atoms with Crippen molar-refractivity contribution in [2.24, 2.45) is 0 Å². The van der Waals surface area contributed by atoms with Gasteiger partial charge in [-0.1, -0.05) is 0 Å². The summed E-state index contributed by atoms with van der Waals surface area (Å²) < 4.78 is 0. The molecule has 108 valence electrons. The summed E-state index contributed by atoms with van der Waals surface area (Å²) in [6.45, 7) is 9.01. The summed E-state index contributed by atoms with van der Waals surface area (Å²) in [5.74, 6) is -1.05. The van der Waals surface area contributed by atoms with Gasteiger partial charge in [-0.15, -0.1) is 0 Å². The Kier molecular flexibility index (Phi) is 6.33. The SMILES string of the molecule is CC(C)N(CCC#N)C(=O)N(CC(=O)O)C(C)(C)C. The van der Waals surface area contributed by atoms with Crippen molar-refractivity contribution in [2.45, 2.75) is 52.6 Å². The number of aliphatic carboxylic acids is 1. The second kappa shape index (κ2) is 6.98. The van der Waals surface area contributed by atoms with E-state index in [0.29, 0.717) is 6.54 Å². The number of nitriles is 1. The average Bonchev–Trinajstić information content (AvgIpc) is 2.23. The summed E-state index contributed by atoms with van der Waals surface area (Å²) in [5.41, 5.74) is -0.588. The number of hydrogen-bond donors (Lipinski definition) is 1. The van der Waals surface area contributed by atoms with Gasteiger partial charge >= 0.3 is 12.0 Å². The number of amides is 2. The van der Waals surface area contributed by atoms with Crippen molar-refractivity contribution in [1.82, 2.24) is 9.80 Å². The minimum Gasteiger partial charge on any atom is -0.480 e. The number of rotatable bonds is 5. The Bertz CT molecular complexity index is 366. The zero-order valence-electron chi connectivity index (χ0n) is 12.3. The van der Waals surface area contributed by atoms with Crippen LogP contribution in [0.4, 0.5) is 4.79 Å². The lowest BCUT2D eigenvalue weighted by Gasteiger charge is -2.39. The van der Waals surface area contributed by atoms with E-state index in [1.165, 1.54) is 9.80 Å². The number of carbonyl (C=O) groups is 2. The van der Waals surface area contributed by atoms with Crippen molar-refractivity contribution in [2.75, 3.05) is 13.1 Å². The quantitative estimate of drug-likeness (QED) is 0.826. The van der Waals surface area contributed by atoms with Crippen LogP contribution in [-0.2, 0) is 4.79 Å². The van der Waals surface area contributed by atoms with E-state index in [0.717, 1.165) is 0 Å². The molecule has 6 nitrogen and oxygen atoms in total. The lowest BCUT2D eigenvalue weighted by atomic mass is 10.1. The summed E-state index contributed by atoms with van der Waals surface area (Å²) in [4.78, 5) is 26.2.